The van der Waals surface area contributed by atoms with Crippen molar-refractivity contribution in [2.75, 3.05) is 6.61 Å². The number of carboxylic acids is 1. The van der Waals surface area contributed by atoms with Crippen molar-refractivity contribution in [3.63, 3.8) is 0 Å². The van der Waals surface area contributed by atoms with Crippen LogP contribution in [0.4, 0.5) is 0 Å². The third-order valence-electron chi connectivity index (χ3n) is 4.97. The fourth-order valence-electron chi connectivity index (χ4n) is 2.35. The number of hydrogen-bond acceptors (Lipinski definition) is 3. The van der Waals surface area contributed by atoms with Crippen LogP contribution in [0, 0.1) is 0 Å². The number of aliphatic carboxylic acids is 1. The molecule has 1 amide bonds. The second-order valence-electron chi connectivity index (χ2n) is 7.66. The summed E-state index contributed by atoms with van der Waals surface area (Å²) < 4.78 is 6.86. The molecule has 0 aromatic heterocycles. The standard InChI is InChI=1S/C17H24BrNO4Si/c1-17(2,3)24(4,5)23-10-14(16(21)22)19-9-11-6-7-12(18)8-13(11)15(19)20/h6-8,14H,9-10H2,1-5H3,(H,21,22)/t14-/m0/s1. The largest absolute Gasteiger partial charge is 0.480 e. The van der Waals surface area contributed by atoms with Crippen molar-refractivity contribution in [1.29, 1.82) is 0 Å². The van der Waals surface area contributed by atoms with Gasteiger partial charge in [-0.1, -0.05) is 42.8 Å². The highest BCUT2D eigenvalue weighted by Crippen LogP contribution is 2.37. The number of carbonyl (C=O) groups excluding carboxylic acids is 1. The molecule has 1 aromatic carbocycles. The van der Waals surface area contributed by atoms with E-state index in [1.54, 1.807) is 6.07 Å². The van der Waals surface area contributed by atoms with Gasteiger partial charge in [0.25, 0.3) is 5.91 Å². The molecule has 1 aliphatic heterocycles. The van der Waals surface area contributed by atoms with Crippen LogP contribution in [0.5, 0.6) is 0 Å². The lowest BCUT2D eigenvalue weighted by Gasteiger charge is -2.37. The van der Waals surface area contributed by atoms with Crippen LogP contribution in [-0.4, -0.2) is 42.8 Å². The Labute approximate surface area is 152 Å². The van der Waals surface area contributed by atoms with Crippen LogP contribution in [0.25, 0.3) is 0 Å². The summed E-state index contributed by atoms with van der Waals surface area (Å²) in [4.78, 5) is 25.8. The first-order valence-corrected chi connectivity index (χ1v) is 11.6. The molecule has 0 saturated carbocycles. The monoisotopic (exact) mass is 413 g/mol. The van der Waals surface area contributed by atoms with Gasteiger partial charge in [0, 0.05) is 16.6 Å². The summed E-state index contributed by atoms with van der Waals surface area (Å²) >= 11 is 3.35. The van der Waals surface area contributed by atoms with Crippen LogP contribution in [0.3, 0.4) is 0 Å². The van der Waals surface area contributed by atoms with Crippen molar-refractivity contribution in [3.05, 3.63) is 33.8 Å². The molecule has 0 bridgehead atoms. The predicted molar refractivity (Wildman–Crippen MR) is 98.6 cm³/mol. The van der Waals surface area contributed by atoms with E-state index in [-0.39, 0.29) is 17.6 Å². The van der Waals surface area contributed by atoms with E-state index in [4.69, 9.17) is 4.43 Å². The summed E-state index contributed by atoms with van der Waals surface area (Å²) in [6.07, 6.45) is 0. The molecule has 7 heteroatoms. The number of nitrogens with zero attached hydrogens (tertiary/aromatic N) is 1. The third-order valence-corrected chi connectivity index (χ3v) is 9.97. The lowest BCUT2D eigenvalue weighted by atomic mass is 10.1. The van der Waals surface area contributed by atoms with Crippen molar-refractivity contribution >= 4 is 36.1 Å². The Morgan fingerprint density at radius 3 is 2.58 bits per heavy atom. The number of halogens is 1. The molecule has 5 nitrogen and oxygen atoms in total. The van der Waals surface area contributed by atoms with Crippen molar-refractivity contribution in [2.24, 2.45) is 0 Å². The van der Waals surface area contributed by atoms with E-state index in [2.05, 4.69) is 49.8 Å². The first-order chi connectivity index (χ1) is 10.9. The molecular formula is C17H24BrNO4Si. The Bertz CT molecular complexity index is 669. The maximum Gasteiger partial charge on any atom is 0.328 e. The number of benzene rings is 1. The lowest BCUT2D eigenvalue weighted by Crippen LogP contribution is -2.49. The predicted octanol–water partition coefficient (Wildman–Crippen LogP) is 3.88. The number of rotatable bonds is 5. The Kier molecular flexibility index (Phi) is 5.27. The Morgan fingerprint density at radius 1 is 1.42 bits per heavy atom. The van der Waals surface area contributed by atoms with Crippen molar-refractivity contribution < 1.29 is 19.1 Å². The average molecular weight is 414 g/mol. The normalized spacial score (nSPS) is 16.2. The van der Waals surface area contributed by atoms with Crippen LogP contribution < -0.4 is 0 Å². The van der Waals surface area contributed by atoms with Crippen LogP contribution in [0.15, 0.2) is 22.7 Å². The van der Waals surface area contributed by atoms with E-state index in [0.717, 1.165) is 10.0 Å². The summed E-state index contributed by atoms with van der Waals surface area (Å²) in [7, 11) is -2.08. The molecular weight excluding hydrogens is 390 g/mol. The molecule has 1 atom stereocenters. The van der Waals surface area contributed by atoms with Gasteiger partial charge in [-0.15, -0.1) is 0 Å². The second-order valence-corrected chi connectivity index (χ2v) is 13.4. The number of fused-ring (bicyclic) bond motifs is 1. The van der Waals surface area contributed by atoms with E-state index >= 15 is 0 Å². The van der Waals surface area contributed by atoms with Gasteiger partial charge in [-0.05, 0) is 35.8 Å². The highest BCUT2D eigenvalue weighted by Gasteiger charge is 2.41. The van der Waals surface area contributed by atoms with E-state index in [9.17, 15) is 14.7 Å². The molecule has 1 heterocycles. The zero-order chi connectivity index (χ0) is 18.3. The zero-order valence-electron chi connectivity index (χ0n) is 14.7. The first-order valence-electron chi connectivity index (χ1n) is 7.90. The number of hydrogen-bond donors (Lipinski definition) is 1. The molecule has 0 unspecified atom stereocenters. The summed E-state index contributed by atoms with van der Waals surface area (Å²) in [5, 5.41) is 9.60. The highest BCUT2D eigenvalue weighted by atomic mass is 79.9. The van der Waals surface area contributed by atoms with Crippen LogP contribution in [0.2, 0.25) is 18.1 Å². The molecule has 0 aliphatic carbocycles. The molecule has 0 spiro atoms. The number of carboxylic acid groups (broad SMARTS) is 1. The zero-order valence-corrected chi connectivity index (χ0v) is 17.3. The summed E-state index contributed by atoms with van der Waals surface area (Å²) in [5.41, 5.74) is 1.41. The van der Waals surface area contributed by atoms with Gasteiger partial charge in [0.2, 0.25) is 0 Å². The van der Waals surface area contributed by atoms with Gasteiger partial charge in [0.15, 0.2) is 14.4 Å². The van der Waals surface area contributed by atoms with Crippen LogP contribution in [0.1, 0.15) is 36.7 Å². The molecule has 2 rings (SSSR count). The molecule has 1 aliphatic rings. The van der Waals surface area contributed by atoms with Gasteiger partial charge in [-0.3, -0.25) is 4.79 Å². The molecule has 0 radical (unpaired) electrons. The van der Waals surface area contributed by atoms with E-state index in [1.165, 1.54) is 4.90 Å². The maximum atomic E-state index is 12.6. The maximum absolute atomic E-state index is 12.6. The molecule has 0 fully saturated rings. The summed E-state index contributed by atoms with van der Waals surface area (Å²) in [6.45, 7) is 10.8. The first kappa shape index (κ1) is 19.1. The molecule has 132 valence electrons. The van der Waals surface area contributed by atoms with E-state index in [0.29, 0.717) is 12.1 Å². The van der Waals surface area contributed by atoms with Crippen LogP contribution >= 0.6 is 15.9 Å². The highest BCUT2D eigenvalue weighted by molar-refractivity contribution is 9.10. The smallest absolute Gasteiger partial charge is 0.328 e. The topological polar surface area (TPSA) is 66.8 Å². The SMILES string of the molecule is CC(C)(C)[Si](C)(C)OC[C@@H](C(=O)O)N1Cc2ccc(Br)cc2C1=O. The van der Waals surface area contributed by atoms with Gasteiger partial charge >= 0.3 is 5.97 Å². The molecule has 24 heavy (non-hydrogen) atoms. The summed E-state index contributed by atoms with van der Waals surface area (Å²) in [5.74, 6) is -1.29. The Morgan fingerprint density at radius 2 is 2.04 bits per heavy atom. The van der Waals surface area contributed by atoms with Gasteiger partial charge in [-0.25, -0.2) is 4.79 Å². The minimum absolute atomic E-state index is 0.0150. The number of carbonyl (C=O) groups is 2. The molecule has 1 aromatic rings. The third kappa shape index (κ3) is 3.73. The van der Waals surface area contributed by atoms with Gasteiger partial charge in [-0.2, -0.15) is 0 Å². The van der Waals surface area contributed by atoms with Crippen molar-refractivity contribution in [1.82, 2.24) is 4.90 Å². The minimum Gasteiger partial charge on any atom is -0.480 e. The average Bonchev–Trinajstić information content (AvgIpc) is 2.75. The fraction of sp³-hybridized carbons (Fsp3) is 0.529. The van der Waals surface area contributed by atoms with Gasteiger partial charge < -0.3 is 14.4 Å². The quantitative estimate of drug-likeness (QED) is 0.743. The van der Waals surface area contributed by atoms with Gasteiger partial charge in [0.1, 0.15) is 0 Å². The Hall–Kier alpha value is -1.18. The van der Waals surface area contributed by atoms with Crippen molar-refractivity contribution in [3.8, 4) is 0 Å². The fourth-order valence-corrected chi connectivity index (χ4v) is 3.71. The minimum atomic E-state index is -2.08. The van der Waals surface area contributed by atoms with E-state index in [1.807, 2.05) is 12.1 Å². The van der Waals surface area contributed by atoms with Gasteiger partial charge in [0.05, 0.1) is 6.61 Å². The Balaban J connectivity index is 2.19. The van der Waals surface area contributed by atoms with Crippen molar-refractivity contribution in [2.45, 2.75) is 51.5 Å². The molecule has 0 saturated heterocycles. The summed E-state index contributed by atoms with van der Waals surface area (Å²) in [6, 6.07) is 4.48. The lowest BCUT2D eigenvalue weighted by molar-refractivity contribution is -0.143. The number of amides is 1. The second kappa shape index (κ2) is 6.61. The van der Waals surface area contributed by atoms with Crippen LogP contribution in [-0.2, 0) is 15.8 Å². The molecule has 1 N–H and O–H groups in total. The van der Waals surface area contributed by atoms with E-state index < -0.39 is 20.3 Å².